The molecule has 1 aromatic heterocycles. The van der Waals surface area contributed by atoms with E-state index >= 15 is 0 Å². The maximum Gasteiger partial charge on any atom is 0.354 e. The molecule has 3 aromatic rings. The number of anilines is 2. The number of ether oxygens (including phenoxy) is 2. The van der Waals surface area contributed by atoms with Gasteiger partial charge in [-0.05, 0) is 89.4 Å². The van der Waals surface area contributed by atoms with Crippen LogP contribution in [-0.2, 0) is 22.6 Å². The van der Waals surface area contributed by atoms with Gasteiger partial charge in [0.25, 0.3) is 0 Å². The molecule has 1 unspecified atom stereocenters. The Balaban J connectivity index is 2.04. The minimum Gasteiger partial charge on any atom is -0.491 e. The van der Waals surface area contributed by atoms with Crippen LogP contribution in [0, 0.1) is 12.8 Å². The lowest BCUT2D eigenvalue weighted by molar-refractivity contribution is -0.160. The predicted molar refractivity (Wildman–Crippen MR) is 153 cm³/mol. The topological polar surface area (TPSA) is 104 Å². The quantitative estimate of drug-likeness (QED) is 0.337. The second-order valence-corrected chi connectivity index (χ2v) is 11.2. The second-order valence-electron chi connectivity index (χ2n) is 10.7. The number of benzene rings is 2. The third-order valence-electron chi connectivity index (χ3n) is 5.83. The molecule has 0 aliphatic heterocycles. The molecule has 2 aromatic carbocycles. The summed E-state index contributed by atoms with van der Waals surface area (Å²) in [4.78, 5) is 43.8. The van der Waals surface area contributed by atoms with Gasteiger partial charge in [0.15, 0.2) is 0 Å². The zero-order chi connectivity index (χ0) is 28.9. The molecule has 0 aliphatic carbocycles. The van der Waals surface area contributed by atoms with Crippen LogP contribution in [0.25, 0.3) is 0 Å². The number of hydrogen-bond acceptors (Lipinski definition) is 7. The SMILES string of the molecule is CCC(Cn1c(=O)nc(Nc2ccc(OC(C)C)c(C)c2)n(Cc2ccc(Cl)cc2)c1=O)C(=O)OC(C)(C)C. The second kappa shape index (κ2) is 12.5. The van der Waals surface area contributed by atoms with E-state index in [1.54, 1.807) is 51.1 Å². The lowest BCUT2D eigenvalue weighted by Gasteiger charge is -2.24. The average Bonchev–Trinajstić information content (AvgIpc) is 2.83. The van der Waals surface area contributed by atoms with Crippen LogP contribution in [0.1, 0.15) is 59.1 Å². The molecule has 3 rings (SSSR count). The molecule has 0 saturated carbocycles. The summed E-state index contributed by atoms with van der Waals surface area (Å²) in [5.41, 5.74) is 0.269. The normalized spacial score (nSPS) is 12.3. The zero-order valence-corrected chi connectivity index (χ0v) is 24.3. The Kier molecular flexibility index (Phi) is 9.61. The van der Waals surface area contributed by atoms with Crippen molar-refractivity contribution in [3.05, 3.63) is 79.6 Å². The van der Waals surface area contributed by atoms with Crippen LogP contribution in [0.4, 0.5) is 11.6 Å². The van der Waals surface area contributed by atoms with Crippen LogP contribution in [0.15, 0.2) is 52.1 Å². The molecule has 0 bridgehead atoms. The molecule has 10 heteroatoms. The molecule has 0 amide bonds. The number of hydrogen-bond donors (Lipinski definition) is 1. The van der Waals surface area contributed by atoms with Gasteiger partial charge in [0, 0.05) is 17.3 Å². The first kappa shape index (κ1) is 30.0. The number of aryl methyl sites for hydroxylation is 1. The highest BCUT2D eigenvalue weighted by Crippen LogP contribution is 2.25. The van der Waals surface area contributed by atoms with Gasteiger partial charge in [0.1, 0.15) is 11.4 Å². The summed E-state index contributed by atoms with van der Waals surface area (Å²) in [6.07, 6.45) is 0.413. The predicted octanol–water partition coefficient (Wildman–Crippen LogP) is 5.31. The summed E-state index contributed by atoms with van der Waals surface area (Å²) in [5, 5.41) is 3.69. The Bertz CT molecular complexity index is 1420. The van der Waals surface area contributed by atoms with Crippen LogP contribution in [0.2, 0.25) is 5.02 Å². The van der Waals surface area contributed by atoms with Crippen molar-refractivity contribution >= 4 is 29.2 Å². The van der Waals surface area contributed by atoms with Crippen LogP contribution in [-0.4, -0.2) is 31.8 Å². The van der Waals surface area contributed by atoms with Crippen molar-refractivity contribution in [2.45, 2.75) is 79.7 Å². The lowest BCUT2D eigenvalue weighted by atomic mass is 10.1. The third kappa shape index (κ3) is 8.20. The first-order valence-electron chi connectivity index (χ1n) is 13.0. The zero-order valence-electron chi connectivity index (χ0n) is 23.6. The number of aromatic nitrogens is 3. The van der Waals surface area contributed by atoms with Gasteiger partial charge < -0.3 is 14.8 Å². The van der Waals surface area contributed by atoms with E-state index in [0.29, 0.717) is 17.1 Å². The van der Waals surface area contributed by atoms with Gasteiger partial charge in [0.2, 0.25) is 5.95 Å². The number of nitrogens with one attached hydrogen (secondary N) is 1. The van der Waals surface area contributed by atoms with Gasteiger partial charge >= 0.3 is 17.3 Å². The molecule has 0 fully saturated rings. The van der Waals surface area contributed by atoms with E-state index in [9.17, 15) is 14.4 Å². The van der Waals surface area contributed by atoms with Gasteiger partial charge in [-0.3, -0.25) is 9.36 Å². The van der Waals surface area contributed by atoms with E-state index in [1.165, 1.54) is 4.57 Å². The van der Waals surface area contributed by atoms with E-state index in [-0.39, 0.29) is 25.1 Å². The average molecular weight is 557 g/mol. The van der Waals surface area contributed by atoms with Crippen molar-refractivity contribution in [1.29, 1.82) is 0 Å². The first-order valence-corrected chi connectivity index (χ1v) is 13.4. The molecule has 1 atom stereocenters. The molecule has 0 radical (unpaired) electrons. The van der Waals surface area contributed by atoms with E-state index in [1.807, 2.05) is 39.8 Å². The summed E-state index contributed by atoms with van der Waals surface area (Å²) in [6, 6.07) is 12.5. The standard InChI is InChI=1S/C29H37ClN4O5/c1-8-21(25(35)39-29(5,6)7)17-34-27(36)32-26(31-23-13-14-24(19(4)15-23)38-18(2)3)33(28(34)37)16-20-9-11-22(30)12-10-20/h9-15,18,21H,8,16-17H2,1-7H3,(H,31,32,36). The highest BCUT2D eigenvalue weighted by molar-refractivity contribution is 6.30. The largest absolute Gasteiger partial charge is 0.491 e. The minimum atomic E-state index is -0.756. The fraction of sp³-hybridized carbons (Fsp3) is 0.448. The van der Waals surface area contributed by atoms with Crippen LogP contribution in [0.3, 0.4) is 0 Å². The molecular formula is C29H37ClN4O5. The Morgan fingerprint density at radius 3 is 2.31 bits per heavy atom. The molecule has 0 aliphatic rings. The number of carbonyl (C=O) groups is 1. The number of rotatable bonds is 10. The van der Waals surface area contributed by atoms with Crippen LogP contribution in [0.5, 0.6) is 5.75 Å². The van der Waals surface area contributed by atoms with E-state index in [2.05, 4.69) is 10.3 Å². The molecule has 1 heterocycles. The Labute approximate surface area is 233 Å². The van der Waals surface area contributed by atoms with E-state index in [4.69, 9.17) is 21.1 Å². The van der Waals surface area contributed by atoms with Gasteiger partial charge in [0.05, 0.1) is 18.6 Å². The van der Waals surface area contributed by atoms with E-state index < -0.39 is 28.9 Å². The van der Waals surface area contributed by atoms with Crippen molar-refractivity contribution in [2.24, 2.45) is 5.92 Å². The lowest BCUT2D eigenvalue weighted by Crippen LogP contribution is -2.45. The van der Waals surface area contributed by atoms with Gasteiger partial charge in [-0.15, -0.1) is 0 Å². The highest BCUT2D eigenvalue weighted by atomic mass is 35.5. The van der Waals surface area contributed by atoms with Crippen LogP contribution < -0.4 is 21.4 Å². The molecule has 210 valence electrons. The first-order chi connectivity index (χ1) is 18.3. The van der Waals surface area contributed by atoms with Crippen molar-refractivity contribution in [3.63, 3.8) is 0 Å². The number of nitrogens with zero attached hydrogens (tertiary/aromatic N) is 3. The Hall–Kier alpha value is -3.59. The van der Waals surface area contributed by atoms with Gasteiger partial charge in [-0.1, -0.05) is 30.7 Å². The molecule has 39 heavy (non-hydrogen) atoms. The Morgan fingerprint density at radius 1 is 1.08 bits per heavy atom. The Morgan fingerprint density at radius 2 is 1.74 bits per heavy atom. The number of esters is 1. The third-order valence-corrected chi connectivity index (χ3v) is 6.09. The summed E-state index contributed by atoms with van der Waals surface area (Å²) in [6.45, 7) is 12.9. The smallest absolute Gasteiger partial charge is 0.354 e. The van der Waals surface area contributed by atoms with Gasteiger partial charge in [-0.2, -0.15) is 4.98 Å². The summed E-state index contributed by atoms with van der Waals surface area (Å²) in [7, 11) is 0. The molecule has 9 nitrogen and oxygen atoms in total. The number of halogens is 1. The monoisotopic (exact) mass is 556 g/mol. The molecule has 1 N–H and O–H groups in total. The minimum absolute atomic E-state index is 0.0222. The fourth-order valence-electron chi connectivity index (χ4n) is 3.91. The summed E-state index contributed by atoms with van der Waals surface area (Å²) >= 11 is 6.05. The van der Waals surface area contributed by atoms with Crippen LogP contribution >= 0.6 is 11.6 Å². The summed E-state index contributed by atoms with van der Waals surface area (Å²) in [5.74, 6) is -0.332. The summed E-state index contributed by atoms with van der Waals surface area (Å²) < 4.78 is 13.7. The van der Waals surface area contributed by atoms with E-state index in [0.717, 1.165) is 21.4 Å². The maximum atomic E-state index is 13.7. The van der Waals surface area contributed by atoms with Crippen molar-refractivity contribution in [2.75, 3.05) is 5.32 Å². The number of carbonyl (C=O) groups excluding carboxylic acids is 1. The van der Waals surface area contributed by atoms with Crippen molar-refractivity contribution in [3.8, 4) is 5.75 Å². The molecule has 0 spiro atoms. The van der Waals surface area contributed by atoms with Gasteiger partial charge in [-0.25, -0.2) is 14.2 Å². The molecular weight excluding hydrogens is 520 g/mol. The van der Waals surface area contributed by atoms with Crippen molar-refractivity contribution < 1.29 is 14.3 Å². The fourth-order valence-corrected chi connectivity index (χ4v) is 4.04. The maximum absolute atomic E-state index is 13.7. The highest BCUT2D eigenvalue weighted by Gasteiger charge is 2.26. The molecule has 0 saturated heterocycles. The van der Waals surface area contributed by atoms with Crippen molar-refractivity contribution in [1.82, 2.24) is 14.1 Å².